The van der Waals surface area contributed by atoms with E-state index in [9.17, 15) is 9.18 Å². The quantitative estimate of drug-likeness (QED) is 0.926. The van der Waals surface area contributed by atoms with E-state index in [1.807, 2.05) is 0 Å². The van der Waals surface area contributed by atoms with E-state index < -0.39 is 0 Å². The molecule has 1 aliphatic heterocycles. The van der Waals surface area contributed by atoms with Crippen LogP contribution in [0.25, 0.3) is 0 Å². The summed E-state index contributed by atoms with van der Waals surface area (Å²) in [7, 11) is 0. The number of anilines is 1. The molecule has 0 bridgehead atoms. The lowest BCUT2D eigenvalue weighted by molar-refractivity contribution is -0.129. The van der Waals surface area contributed by atoms with Gasteiger partial charge >= 0.3 is 0 Å². The summed E-state index contributed by atoms with van der Waals surface area (Å²) in [5, 5.41) is 3.32. The first-order valence-corrected chi connectivity index (χ1v) is 7.20. The second-order valence-corrected chi connectivity index (χ2v) is 5.36. The number of nitrogens with zero attached hydrogens (tertiary/aromatic N) is 3. The first kappa shape index (κ1) is 14.4. The largest absolute Gasteiger partial charge is 0.362 e. The van der Waals surface area contributed by atoms with Gasteiger partial charge in [-0.1, -0.05) is 6.07 Å². The van der Waals surface area contributed by atoms with Crippen LogP contribution in [0.1, 0.15) is 30.5 Å². The zero-order valence-corrected chi connectivity index (χ0v) is 12.3. The normalized spacial score (nSPS) is 17.5. The number of aromatic nitrogens is 2. The number of halogens is 1. The van der Waals surface area contributed by atoms with Crippen molar-refractivity contribution in [3.63, 3.8) is 0 Å². The topological polar surface area (TPSA) is 58.1 Å². The Hall–Kier alpha value is -2.50. The smallest absolute Gasteiger partial charge is 0.219 e. The Morgan fingerprint density at radius 1 is 1.41 bits per heavy atom. The molecule has 1 aromatic carbocycles. The molecule has 0 saturated heterocycles. The summed E-state index contributed by atoms with van der Waals surface area (Å²) in [5.41, 5.74) is 1.82. The highest BCUT2D eigenvalue weighted by Crippen LogP contribution is 2.29. The fourth-order valence-corrected chi connectivity index (χ4v) is 2.75. The van der Waals surface area contributed by atoms with Gasteiger partial charge in [0.1, 0.15) is 11.6 Å². The number of hydrogen-bond acceptors (Lipinski definition) is 4. The van der Waals surface area contributed by atoms with E-state index in [1.165, 1.54) is 19.1 Å². The highest BCUT2D eigenvalue weighted by atomic mass is 19.1. The van der Waals surface area contributed by atoms with Crippen LogP contribution in [-0.2, 0) is 11.3 Å². The van der Waals surface area contributed by atoms with Crippen molar-refractivity contribution in [3.8, 4) is 0 Å². The van der Waals surface area contributed by atoms with Crippen molar-refractivity contribution in [2.45, 2.75) is 25.9 Å². The lowest BCUT2D eigenvalue weighted by atomic mass is 9.99. The van der Waals surface area contributed by atoms with Crippen molar-refractivity contribution in [2.24, 2.45) is 0 Å². The van der Waals surface area contributed by atoms with E-state index in [1.54, 1.807) is 29.6 Å². The van der Waals surface area contributed by atoms with E-state index in [2.05, 4.69) is 15.3 Å². The molecule has 1 N–H and O–H groups in total. The molecule has 0 aliphatic carbocycles. The summed E-state index contributed by atoms with van der Waals surface area (Å²) >= 11 is 0. The van der Waals surface area contributed by atoms with Gasteiger partial charge in [-0.3, -0.25) is 9.78 Å². The number of benzene rings is 1. The molecule has 6 heteroatoms. The summed E-state index contributed by atoms with van der Waals surface area (Å²) in [6.07, 6.45) is 5.61. The van der Waals surface area contributed by atoms with Gasteiger partial charge in [-0.2, -0.15) is 0 Å². The highest BCUT2D eigenvalue weighted by Gasteiger charge is 2.24. The van der Waals surface area contributed by atoms with Crippen LogP contribution in [0.2, 0.25) is 0 Å². The molecular formula is C16H17FN4O. The fraction of sp³-hybridized carbons (Fsp3) is 0.312. The van der Waals surface area contributed by atoms with Crippen molar-refractivity contribution < 1.29 is 9.18 Å². The van der Waals surface area contributed by atoms with Crippen LogP contribution in [0.4, 0.5) is 10.2 Å². The average Bonchev–Trinajstić information content (AvgIpc) is 2.68. The van der Waals surface area contributed by atoms with Gasteiger partial charge in [0, 0.05) is 32.4 Å². The Morgan fingerprint density at radius 2 is 2.27 bits per heavy atom. The lowest BCUT2D eigenvalue weighted by Gasteiger charge is -2.19. The van der Waals surface area contributed by atoms with E-state index in [0.717, 1.165) is 17.5 Å². The van der Waals surface area contributed by atoms with Crippen LogP contribution in [0.15, 0.2) is 36.8 Å². The van der Waals surface area contributed by atoms with Crippen molar-refractivity contribution in [3.05, 3.63) is 53.7 Å². The van der Waals surface area contributed by atoms with Gasteiger partial charge in [-0.05, 0) is 29.7 Å². The number of fused-ring (bicyclic) bond motifs is 1. The van der Waals surface area contributed by atoms with Gasteiger partial charge < -0.3 is 10.2 Å². The number of nitrogens with one attached hydrogen (secondary N) is 1. The number of amides is 1. The summed E-state index contributed by atoms with van der Waals surface area (Å²) in [5.74, 6) is 0.372. The molecular weight excluding hydrogens is 283 g/mol. The Labute approximate surface area is 128 Å². The Balaban J connectivity index is 1.93. The molecule has 5 nitrogen and oxygen atoms in total. The Bertz CT molecular complexity index is 677. The Morgan fingerprint density at radius 3 is 3.00 bits per heavy atom. The summed E-state index contributed by atoms with van der Waals surface area (Å²) in [6, 6.07) is 4.70. The molecule has 22 heavy (non-hydrogen) atoms. The van der Waals surface area contributed by atoms with Crippen LogP contribution in [-0.4, -0.2) is 27.3 Å². The summed E-state index contributed by atoms with van der Waals surface area (Å²) in [6.45, 7) is 2.58. The molecule has 0 saturated carbocycles. The maximum atomic E-state index is 13.6. The maximum Gasteiger partial charge on any atom is 0.219 e. The third-order valence-electron chi connectivity index (χ3n) is 3.86. The van der Waals surface area contributed by atoms with Crippen molar-refractivity contribution >= 4 is 11.7 Å². The summed E-state index contributed by atoms with van der Waals surface area (Å²) in [4.78, 5) is 21.7. The van der Waals surface area contributed by atoms with Crippen LogP contribution in [0.5, 0.6) is 0 Å². The molecule has 1 amide bonds. The molecule has 3 rings (SSSR count). The molecule has 1 aromatic heterocycles. The molecule has 2 aromatic rings. The van der Waals surface area contributed by atoms with E-state index in [4.69, 9.17) is 0 Å². The molecule has 0 spiro atoms. The maximum absolute atomic E-state index is 13.6. The lowest BCUT2D eigenvalue weighted by Crippen LogP contribution is -2.28. The SMILES string of the molecule is CC(=O)N1CC[C@H](Nc2cnccn2)c2ccc(F)cc2C1. The fourth-order valence-electron chi connectivity index (χ4n) is 2.75. The molecule has 0 radical (unpaired) electrons. The first-order chi connectivity index (χ1) is 10.6. The number of rotatable bonds is 2. The minimum absolute atomic E-state index is 0.00429. The van der Waals surface area contributed by atoms with Gasteiger partial charge in [0.15, 0.2) is 0 Å². The van der Waals surface area contributed by atoms with Gasteiger partial charge in [-0.25, -0.2) is 9.37 Å². The van der Waals surface area contributed by atoms with Crippen LogP contribution < -0.4 is 5.32 Å². The predicted octanol–water partition coefficient (Wildman–Crippen LogP) is 2.52. The van der Waals surface area contributed by atoms with E-state index in [-0.39, 0.29) is 17.8 Å². The molecule has 1 atom stereocenters. The van der Waals surface area contributed by atoms with Crippen molar-refractivity contribution in [1.29, 1.82) is 0 Å². The van der Waals surface area contributed by atoms with Gasteiger partial charge in [0.05, 0.1) is 12.2 Å². The molecule has 114 valence electrons. The standard InChI is InChI=1S/C16H17FN4O/c1-11(22)21-7-4-15(20-16-9-18-5-6-19-16)14-3-2-13(17)8-12(14)10-21/h2-3,5-6,8-9,15H,4,7,10H2,1H3,(H,19,20)/t15-/m0/s1. The van der Waals surface area contributed by atoms with Gasteiger partial charge in [-0.15, -0.1) is 0 Å². The zero-order valence-electron chi connectivity index (χ0n) is 12.3. The summed E-state index contributed by atoms with van der Waals surface area (Å²) < 4.78 is 13.6. The second-order valence-electron chi connectivity index (χ2n) is 5.36. The van der Waals surface area contributed by atoms with Crippen LogP contribution in [0.3, 0.4) is 0 Å². The average molecular weight is 300 g/mol. The number of hydrogen-bond donors (Lipinski definition) is 1. The highest BCUT2D eigenvalue weighted by molar-refractivity contribution is 5.73. The predicted molar refractivity (Wildman–Crippen MR) is 80.5 cm³/mol. The van der Waals surface area contributed by atoms with Gasteiger partial charge in [0.25, 0.3) is 0 Å². The minimum atomic E-state index is -0.289. The van der Waals surface area contributed by atoms with Crippen molar-refractivity contribution in [1.82, 2.24) is 14.9 Å². The van der Waals surface area contributed by atoms with E-state index >= 15 is 0 Å². The number of carbonyl (C=O) groups is 1. The van der Waals surface area contributed by atoms with Crippen LogP contribution >= 0.6 is 0 Å². The van der Waals surface area contributed by atoms with Crippen LogP contribution in [0, 0.1) is 5.82 Å². The van der Waals surface area contributed by atoms with Crippen molar-refractivity contribution in [2.75, 3.05) is 11.9 Å². The molecule has 1 aliphatic rings. The second kappa shape index (κ2) is 6.09. The molecule has 0 unspecified atom stereocenters. The third kappa shape index (κ3) is 3.05. The van der Waals surface area contributed by atoms with E-state index in [0.29, 0.717) is 18.9 Å². The molecule has 2 heterocycles. The number of carbonyl (C=O) groups excluding carboxylic acids is 1. The Kier molecular flexibility index (Phi) is 4.00. The minimum Gasteiger partial charge on any atom is -0.362 e. The van der Waals surface area contributed by atoms with Gasteiger partial charge in [0.2, 0.25) is 5.91 Å². The first-order valence-electron chi connectivity index (χ1n) is 7.20. The third-order valence-corrected chi connectivity index (χ3v) is 3.86. The monoisotopic (exact) mass is 300 g/mol. The molecule has 0 fully saturated rings. The zero-order chi connectivity index (χ0) is 15.5.